The lowest BCUT2D eigenvalue weighted by molar-refractivity contribution is -0.123. The van der Waals surface area contributed by atoms with Crippen LogP contribution in [0.15, 0.2) is 53.1 Å². The molecule has 1 aromatic heterocycles. The Labute approximate surface area is 154 Å². The predicted octanol–water partition coefficient (Wildman–Crippen LogP) is 2.48. The Bertz CT molecular complexity index is 716. The van der Waals surface area contributed by atoms with Crippen molar-refractivity contribution in [1.82, 2.24) is 10.2 Å². The van der Waals surface area contributed by atoms with Crippen molar-refractivity contribution in [3.8, 4) is 0 Å². The third kappa shape index (κ3) is 3.84. The molecular weight excluding hydrogens is 328 g/mol. The van der Waals surface area contributed by atoms with Crippen LogP contribution >= 0.6 is 0 Å². The summed E-state index contributed by atoms with van der Waals surface area (Å²) in [6.45, 7) is 4.79. The zero-order valence-electron chi connectivity index (χ0n) is 15.0. The first-order valence-electron chi connectivity index (χ1n) is 9.37. The lowest BCUT2D eigenvalue weighted by Gasteiger charge is -2.26. The molecule has 5 heteroatoms. The van der Waals surface area contributed by atoms with Crippen LogP contribution in [0, 0.1) is 11.3 Å². The zero-order chi connectivity index (χ0) is 17.8. The van der Waals surface area contributed by atoms with Crippen LogP contribution in [0.3, 0.4) is 0 Å². The van der Waals surface area contributed by atoms with Gasteiger partial charge in [-0.05, 0) is 24.1 Å². The fraction of sp³-hybridized carbons (Fsp3) is 0.476. The van der Waals surface area contributed by atoms with E-state index in [1.165, 1.54) is 5.56 Å². The van der Waals surface area contributed by atoms with Crippen LogP contribution in [-0.4, -0.2) is 43.7 Å². The molecule has 4 rings (SSSR count). The Kier molecular flexibility index (Phi) is 5.09. The molecule has 1 aromatic carbocycles. The van der Waals surface area contributed by atoms with Crippen molar-refractivity contribution < 1.29 is 13.9 Å². The van der Waals surface area contributed by atoms with Gasteiger partial charge >= 0.3 is 0 Å². The first-order valence-corrected chi connectivity index (χ1v) is 9.37. The Balaban J connectivity index is 1.30. The second-order valence-corrected chi connectivity index (χ2v) is 7.59. The van der Waals surface area contributed by atoms with Crippen molar-refractivity contribution in [1.29, 1.82) is 0 Å². The smallest absolute Gasteiger partial charge is 0.220 e. The van der Waals surface area contributed by atoms with Gasteiger partial charge in [0, 0.05) is 37.4 Å². The number of amides is 1. The van der Waals surface area contributed by atoms with Gasteiger partial charge in [0.25, 0.3) is 0 Å². The molecule has 2 saturated heterocycles. The molecule has 0 bridgehead atoms. The molecule has 2 aliphatic heterocycles. The fourth-order valence-electron chi connectivity index (χ4n) is 4.31. The van der Waals surface area contributed by atoms with Crippen LogP contribution in [-0.2, 0) is 22.5 Å². The van der Waals surface area contributed by atoms with Crippen LogP contribution in [0.2, 0.25) is 0 Å². The molecule has 2 atom stereocenters. The van der Waals surface area contributed by atoms with Crippen LogP contribution in [0.1, 0.15) is 17.7 Å². The number of nitrogens with zero attached hydrogens (tertiary/aromatic N) is 1. The summed E-state index contributed by atoms with van der Waals surface area (Å²) in [4.78, 5) is 14.9. The van der Waals surface area contributed by atoms with Crippen molar-refractivity contribution in [2.75, 3.05) is 32.8 Å². The van der Waals surface area contributed by atoms with Crippen LogP contribution in [0.25, 0.3) is 0 Å². The zero-order valence-corrected chi connectivity index (χ0v) is 15.0. The molecule has 2 fully saturated rings. The molecule has 5 nitrogen and oxygen atoms in total. The largest absolute Gasteiger partial charge is 0.468 e. The van der Waals surface area contributed by atoms with E-state index in [0.717, 1.165) is 38.4 Å². The predicted molar refractivity (Wildman–Crippen MR) is 98.5 cm³/mol. The molecule has 0 unspecified atom stereocenters. The molecule has 0 aliphatic carbocycles. The molecular formula is C21H26N2O3. The Morgan fingerprint density at radius 2 is 2.12 bits per heavy atom. The number of hydrogen-bond acceptors (Lipinski definition) is 4. The Morgan fingerprint density at radius 3 is 2.92 bits per heavy atom. The summed E-state index contributed by atoms with van der Waals surface area (Å²) in [6.07, 6.45) is 3.12. The molecule has 138 valence electrons. The number of ether oxygens (including phenoxy) is 1. The number of hydrogen-bond donors (Lipinski definition) is 1. The van der Waals surface area contributed by atoms with E-state index in [1.54, 1.807) is 6.26 Å². The van der Waals surface area contributed by atoms with E-state index >= 15 is 0 Å². The lowest BCUT2D eigenvalue weighted by atomic mass is 9.78. The molecule has 26 heavy (non-hydrogen) atoms. The number of rotatable bonds is 7. The van der Waals surface area contributed by atoms with Gasteiger partial charge in [-0.2, -0.15) is 0 Å². The number of likely N-dealkylation sites (tertiary alicyclic amines) is 1. The lowest BCUT2D eigenvalue weighted by Crippen LogP contribution is -2.38. The molecule has 1 N–H and O–H groups in total. The summed E-state index contributed by atoms with van der Waals surface area (Å²) in [5.41, 5.74) is 1.20. The molecule has 0 radical (unpaired) electrons. The number of fused-ring (bicyclic) bond motifs is 1. The summed E-state index contributed by atoms with van der Waals surface area (Å²) in [7, 11) is 0. The first kappa shape index (κ1) is 17.3. The van der Waals surface area contributed by atoms with E-state index in [4.69, 9.17) is 9.15 Å². The van der Waals surface area contributed by atoms with Crippen molar-refractivity contribution >= 4 is 5.91 Å². The summed E-state index contributed by atoms with van der Waals surface area (Å²) in [6, 6.07) is 14.2. The van der Waals surface area contributed by atoms with E-state index in [9.17, 15) is 4.79 Å². The third-order valence-electron chi connectivity index (χ3n) is 5.64. The molecule has 2 aromatic rings. The molecule has 2 aliphatic rings. The quantitative estimate of drug-likeness (QED) is 0.830. The SMILES string of the molecule is O=C(C[C@@]12COC[C@@H]1CN(Cc1ccco1)C2)NCCc1ccccc1. The number of benzene rings is 1. The minimum Gasteiger partial charge on any atom is -0.468 e. The van der Waals surface area contributed by atoms with Crippen LogP contribution in [0.5, 0.6) is 0 Å². The first-order chi connectivity index (χ1) is 12.7. The summed E-state index contributed by atoms with van der Waals surface area (Å²) in [5.74, 6) is 1.54. The van der Waals surface area contributed by atoms with Crippen molar-refractivity contribution in [3.05, 3.63) is 60.1 Å². The van der Waals surface area contributed by atoms with Crippen LogP contribution < -0.4 is 5.32 Å². The number of nitrogens with one attached hydrogen (secondary N) is 1. The van der Waals surface area contributed by atoms with E-state index < -0.39 is 0 Å². The fourth-order valence-corrected chi connectivity index (χ4v) is 4.31. The Hall–Kier alpha value is -2.11. The topological polar surface area (TPSA) is 54.7 Å². The summed E-state index contributed by atoms with van der Waals surface area (Å²) >= 11 is 0. The standard InChI is InChI=1S/C21H26N2O3/c24-20(22-9-8-17-5-2-1-3-6-17)11-21-15-23(12-18(21)14-25-16-21)13-19-7-4-10-26-19/h1-7,10,18H,8-9,11-16H2,(H,22,24)/t18-,21+/m0/s1. The Morgan fingerprint density at radius 1 is 1.23 bits per heavy atom. The maximum absolute atomic E-state index is 12.5. The van der Waals surface area contributed by atoms with Gasteiger partial charge in [-0.15, -0.1) is 0 Å². The van der Waals surface area contributed by atoms with E-state index in [1.807, 2.05) is 30.3 Å². The van der Waals surface area contributed by atoms with Gasteiger partial charge in [0.05, 0.1) is 26.0 Å². The maximum Gasteiger partial charge on any atom is 0.220 e. The second-order valence-electron chi connectivity index (χ2n) is 7.59. The highest BCUT2D eigenvalue weighted by atomic mass is 16.5. The van der Waals surface area contributed by atoms with Crippen molar-refractivity contribution in [3.63, 3.8) is 0 Å². The van der Waals surface area contributed by atoms with E-state index in [2.05, 4.69) is 22.3 Å². The van der Waals surface area contributed by atoms with Gasteiger partial charge in [0.2, 0.25) is 5.91 Å². The molecule has 0 saturated carbocycles. The molecule has 0 spiro atoms. The van der Waals surface area contributed by atoms with Gasteiger partial charge in [-0.3, -0.25) is 9.69 Å². The van der Waals surface area contributed by atoms with Gasteiger partial charge < -0.3 is 14.5 Å². The highest BCUT2D eigenvalue weighted by Crippen LogP contribution is 2.44. The highest BCUT2D eigenvalue weighted by molar-refractivity contribution is 5.77. The number of furan rings is 1. The maximum atomic E-state index is 12.5. The molecule has 1 amide bonds. The highest BCUT2D eigenvalue weighted by Gasteiger charge is 2.51. The van der Waals surface area contributed by atoms with Gasteiger partial charge in [0.1, 0.15) is 5.76 Å². The summed E-state index contributed by atoms with van der Waals surface area (Å²) < 4.78 is 11.2. The molecule has 3 heterocycles. The monoisotopic (exact) mass is 354 g/mol. The minimum absolute atomic E-state index is 0.0522. The minimum atomic E-state index is -0.0522. The van der Waals surface area contributed by atoms with Gasteiger partial charge in [0.15, 0.2) is 0 Å². The normalized spacial score (nSPS) is 25.3. The van der Waals surface area contributed by atoms with Gasteiger partial charge in [-0.25, -0.2) is 0 Å². The van der Waals surface area contributed by atoms with Crippen LogP contribution in [0.4, 0.5) is 0 Å². The van der Waals surface area contributed by atoms with Gasteiger partial charge in [-0.1, -0.05) is 30.3 Å². The number of carbonyl (C=O) groups is 1. The average molecular weight is 354 g/mol. The average Bonchev–Trinajstić information content (AvgIpc) is 3.32. The second kappa shape index (κ2) is 7.64. The third-order valence-corrected chi connectivity index (χ3v) is 5.64. The van der Waals surface area contributed by atoms with Crippen molar-refractivity contribution in [2.24, 2.45) is 11.3 Å². The summed E-state index contributed by atoms with van der Waals surface area (Å²) in [5, 5.41) is 3.09. The number of carbonyl (C=O) groups excluding carboxylic acids is 1. The van der Waals surface area contributed by atoms with Crippen molar-refractivity contribution in [2.45, 2.75) is 19.4 Å². The van der Waals surface area contributed by atoms with E-state index in [-0.39, 0.29) is 11.3 Å². The van der Waals surface area contributed by atoms with E-state index in [0.29, 0.717) is 25.5 Å².